The van der Waals surface area contributed by atoms with Crippen molar-refractivity contribution in [1.82, 2.24) is 10.3 Å². The highest BCUT2D eigenvalue weighted by molar-refractivity contribution is 7.15. The van der Waals surface area contributed by atoms with Gasteiger partial charge in [0, 0.05) is 35.6 Å². The van der Waals surface area contributed by atoms with Gasteiger partial charge < -0.3 is 20.8 Å². The fraction of sp³-hybridized carbons (Fsp3) is 0.762. The van der Waals surface area contributed by atoms with E-state index in [0.717, 1.165) is 17.0 Å². The molecule has 4 N–H and O–H groups in total. The SMILES string of the molecule is CC(=O)Nc1nc2c(s1)CC1C(C)(CO)C(O)CCC1(C)C2CC(=O)NC(C)C. The molecule has 1 aromatic heterocycles. The number of carbonyl (C=O) groups excluding carboxylic acids is 2. The van der Waals surface area contributed by atoms with E-state index >= 15 is 0 Å². The lowest BCUT2D eigenvalue weighted by Crippen LogP contribution is -2.57. The van der Waals surface area contributed by atoms with E-state index in [1.807, 2.05) is 20.8 Å². The summed E-state index contributed by atoms with van der Waals surface area (Å²) in [6.07, 6.45) is 1.75. The summed E-state index contributed by atoms with van der Waals surface area (Å²) in [5.41, 5.74) is -0.0389. The molecule has 162 valence electrons. The number of nitrogens with one attached hydrogen (secondary N) is 2. The van der Waals surface area contributed by atoms with Gasteiger partial charge in [0.2, 0.25) is 11.8 Å². The van der Waals surface area contributed by atoms with Crippen LogP contribution in [0, 0.1) is 16.7 Å². The van der Waals surface area contributed by atoms with Gasteiger partial charge >= 0.3 is 0 Å². The highest BCUT2D eigenvalue weighted by Crippen LogP contribution is 2.62. The molecular weight excluding hydrogens is 390 g/mol. The summed E-state index contributed by atoms with van der Waals surface area (Å²) in [4.78, 5) is 30.0. The minimum Gasteiger partial charge on any atom is -0.396 e. The Morgan fingerprint density at radius 3 is 2.62 bits per heavy atom. The average Bonchev–Trinajstić information content (AvgIpc) is 3.01. The van der Waals surface area contributed by atoms with Gasteiger partial charge in [-0.2, -0.15) is 0 Å². The Balaban J connectivity index is 2.06. The third kappa shape index (κ3) is 3.94. The average molecular weight is 424 g/mol. The van der Waals surface area contributed by atoms with Crippen LogP contribution >= 0.6 is 11.3 Å². The first kappa shape index (κ1) is 22.2. The Morgan fingerprint density at radius 1 is 1.34 bits per heavy atom. The number of hydrogen-bond donors (Lipinski definition) is 4. The second-order valence-electron chi connectivity index (χ2n) is 9.47. The lowest BCUT2D eigenvalue weighted by atomic mass is 9.47. The Hall–Kier alpha value is -1.51. The van der Waals surface area contributed by atoms with E-state index in [-0.39, 0.29) is 41.7 Å². The van der Waals surface area contributed by atoms with Crippen molar-refractivity contribution in [3.63, 3.8) is 0 Å². The summed E-state index contributed by atoms with van der Waals surface area (Å²) in [7, 11) is 0. The highest BCUT2D eigenvalue weighted by Gasteiger charge is 2.59. The van der Waals surface area contributed by atoms with Gasteiger partial charge in [0.25, 0.3) is 0 Å². The standard InChI is InChI=1S/C21H33N3O4S/c1-11(2)22-17(28)8-13-18-14(29-19(24-18)23-12(3)26)9-15-20(13,4)7-6-16(27)21(15,5)10-25/h11,13,15-16,25,27H,6-10H2,1-5H3,(H,22,28)(H,23,24,26). The first-order valence-corrected chi connectivity index (χ1v) is 11.2. The fourth-order valence-corrected chi connectivity index (χ4v) is 6.53. The van der Waals surface area contributed by atoms with Crippen molar-refractivity contribution in [3.8, 4) is 0 Å². The summed E-state index contributed by atoms with van der Waals surface area (Å²) < 4.78 is 0. The van der Waals surface area contributed by atoms with Crippen molar-refractivity contribution >= 4 is 28.3 Å². The van der Waals surface area contributed by atoms with Gasteiger partial charge in [-0.25, -0.2) is 4.98 Å². The monoisotopic (exact) mass is 423 g/mol. The maximum atomic E-state index is 12.7. The van der Waals surface area contributed by atoms with E-state index in [0.29, 0.717) is 24.4 Å². The number of rotatable bonds is 5. The molecule has 2 amide bonds. The van der Waals surface area contributed by atoms with Crippen LogP contribution in [-0.2, 0) is 16.0 Å². The molecule has 29 heavy (non-hydrogen) atoms. The van der Waals surface area contributed by atoms with E-state index in [4.69, 9.17) is 4.98 Å². The molecule has 0 radical (unpaired) electrons. The molecule has 1 saturated carbocycles. The molecule has 5 unspecified atom stereocenters. The van der Waals surface area contributed by atoms with E-state index in [1.54, 1.807) is 0 Å². The second-order valence-corrected chi connectivity index (χ2v) is 10.6. The normalized spacial score (nSPS) is 33.7. The van der Waals surface area contributed by atoms with Gasteiger partial charge in [-0.1, -0.05) is 13.8 Å². The van der Waals surface area contributed by atoms with Crippen LogP contribution in [0.5, 0.6) is 0 Å². The summed E-state index contributed by atoms with van der Waals surface area (Å²) in [5, 5.41) is 27.3. The van der Waals surface area contributed by atoms with Crippen LogP contribution in [-0.4, -0.2) is 45.8 Å². The molecule has 0 aliphatic heterocycles. The maximum absolute atomic E-state index is 12.7. The maximum Gasteiger partial charge on any atom is 0.223 e. The van der Waals surface area contributed by atoms with E-state index < -0.39 is 11.5 Å². The van der Waals surface area contributed by atoms with E-state index in [9.17, 15) is 19.8 Å². The summed E-state index contributed by atoms with van der Waals surface area (Å²) in [5.74, 6) is -0.320. The molecule has 0 bridgehead atoms. The predicted octanol–water partition coefficient (Wildman–Crippen LogP) is 2.43. The first-order chi connectivity index (χ1) is 13.5. The number of amides is 2. The van der Waals surface area contributed by atoms with E-state index in [2.05, 4.69) is 17.6 Å². The third-order valence-electron chi connectivity index (χ3n) is 7.02. The van der Waals surface area contributed by atoms with Crippen LogP contribution in [0.3, 0.4) is 0 Å². The largest absolute Gasteiger partial charge is 0.396 e. The van der Waals surface area contributed by atoms with Gasteiger partial charge in [-0.05, 0) is 44.4 Å². The summed E-state index contributed by atoms with van der Waals surface area (Å²) >= 11 is 1.44. The zero-order valence-electron chi connectivity index (χ0n) is 17.9. The molecule has 2 aliphatic rings. The number of aliphatic hydroxyl groups excluding tert-OH is 2. The number of carbonyl (C=O) groups is 2. The third-order valence-corrected chi connectivity index (χ3v) is 8.02. The molecule has 1 heterocycles. The van der Waals surface area contributed by atoms with Crippen LogP contribution in [0.1, 0.15) is 70.4 Å². The Morgan fingerprint density at radius 2 is 2.03 bits per heavy atom. The van der Waals surface area contributed by atoms with Crippen molar-refractivity contribution in [2.75, 3.05) is 11.9 Å². The number of hydrogen-bond acceptors (Lipinski definition) is 6. The predicted molar refractivity (Wildman–Crippen MR) is 113 cm³/mol. The van der Waals surface area contributed by atoms with Crippen LogP contribution in [0.4, 0.5) is 5.13 Å². The summed E-state index contributed by atoms with van der Waals surface area (Å²) in [6.45, 7) is 9.34. The van der Waals surface area contributed by atoms with Gasteiger partial charge in [-0.3, -0.25) is 9.59 Å². The number of anilines is 1. The molecule has 1 aromatic rings. The molecule has 3 rings (SSSR count). The van der Waals surface area contributed by atoms with Gasteiger partial charge in [0.1, 0.15) is 0 Å². The van der Waals surface area contributed by atoms with Crippen molar-refractivity contribution in [1.29, 1.82) is 0 Å². The summed E-state index contributed by atoms with van der Waals surface area (Å²) in [6, 6.07) is 0.0513. The molecule has 0 aromatic carbocycles. The first-order valence-electron chi connectivity index (χ1n) is 10.4. The topological polar surface area (TPSA) is 112 Å². The Bertz CT molecular complexity index is 795. The van der Waals surface area contributed by atoms with Crippen molar-refractivity contribution in [2.24, 2.45) is 16.7 Å². The second kappa shape index (κ2) is 7.96. The zero-order valence-corrected chi connectivity index (χ0v) is 18.7. The Kier molecular flexibility index (Phi) is 6.09. The zero-order chi connectivity index (χ0) is 21.6. The van der Waals surface area contributed by atoms with Crippen LogP contribution in [0.2, 0.25) is 0 Å². The number of aromatic nitrogens is 1. The molecule has 0 saturated heterocycles. The lowest BCUT2D eigenvalue weighted by Gasteiger charge is -2.58. The lowest BCUT2D eigenvalue weighted by molar-refractivity contribution is -0.144. The van der Waals surface area contributed by atoms with E-state index in [1.165, 1.54) is 18.3 Å². The Labute approximate surface area is 176 Å². The molecule has 2 aliphatic carbocycles. The van der Waals surface area contributed by atoms with Gasteiger partial charge in [-0.15, -0.1) is 11.3 Å². The number of aliphatic hydroxyl groups is 2. The van der Waals surface area contributed by atoms with Crippen LogP contribution in [0.15, 0.2) is 0 Å². The van der Waals surface area contributed by atoms with Gasteiger partial charge in [0.05, 0.1) is 18.4 Å². The minimum absolute atomic E-state index is 0.0127. The van der Waals surface area contributed by atoms with Crippen molar-refractivity contribution in [3.05, 3.63) is 10.6 Å². The molecule has 0 spiro atoms. The van der Waals surface area contributed by atoms with Crippen LogP contribution < -0.4 is 10.6 Å². The quantitative estimate of drug-likeness (QED) is 0.581. The number of thiazole rings is 1. The van der Waals surface area contributed by atoms with Crippen molar-refractivity contribution in [2.45, 2.75) is 78.4 Å². The molecule has 7 nitrogen and oxygen atoms in total. The molecule has 1 fully saturated rings. The molecular formula is C21H33N3O4S. The molecule has 8 heteroatoms. The van der Waals surface area contributed by atoms with Gasteiger partial charge in [0.15, 0.2) is 5.13 Å². The minimum atomic E-state index is -0.643. The fourth-order valence-electron chi connectivity index (χ4n) is 5.42. The van der Waals surface area contributed by atoms with Crippen LogP contribution in [0.25, 0.3) is 0 Å². The van der Waals surface area contributed by atoms with Crippen molar-refractivity contribution < 1.29 is 19.8 Å². The highest BCUT2D eigenvalue weighted by atomic mass is 32.1. The molecule has 5 atom stereocenters. The number of fused-ring (bicyclic) bond motifs is 2. The number of nitrogens with zero attached hydrogens (tertiary/aromatic N) is 1. The smallest absolute Gasteiger partial charge is 0.223 e.